The normalized spacial score (nSPS) is 33.3. The van der Waals surface area contributed by atoms with Crippen LogP contribution in [-0.2, 0) is 0 Å². The number of hydrogen-bond acceptors (Lipinski definition) is 2. The molecule has 0 aromatic rings. The average Bonchev–Trinajstić information content (AvgIpc) is 2.26. The van der Waals surface area contributed by atoms with Crippen molar-refractivity contribution in [1.29, 1.82) is 5.26 Å². The number of thioether (sulfide) groups is 1. The van der Waals surface area contributed by atoms with E-state index in [-0.39, 0.29) is 0 Å². The lowest BCUT2D eigenvalue weighted by Gasteiger charge is -2.31. The SMILES string of the molecule is CCC(C)CSC1CC(C)CCC1C#N. The summed E-state index contributed by atoms with van der Waals surface area (Å²) in [6.45, 7) is 6.88. The number of rotatable bonds is 4. The molecule has 0 aromatic heterocycles. The zero-order chi connectivity index (χ0) is 11.3. The van der Waals surface area contributed by atoms with E-state index in [1.54, 1.807) is 0 Å². The molecule has 0 saturated heterocycles. The van der Waals surface area contributed by atoms with E-state index >= 15 is 0 Å². The molecule has 1 nitrogen and oxygen atoms in total. The van der Waals surface area contributed by atoms with E-state index in [1.165, 1.54) is 25.0 Å². The van der Waals surface area contributed by atoms with Crippen molar-refractivity contribution in [2.45, 2.75) is 51.7 Å². The number of hydrogen-bond donors (Lipinski definition) is 0. The standard InChI is InChI=1S/C13H23NS/c1-4-10(2)9-15-13-7-11(3)5-6-12(13)8-14/h10-13H,4-7,9H2,1-3H3. The van der Waals surface area contributed by atoms with E-state index in [0.29, 0.717) is 11.2 Å². The number of nitrogens with zero attached hydrogens (tertiary/aromatic N) is 1. The van der Waals surface area contributed by atoms with E-state index in [2.05, 4.69) is 26.8 Å². The van der Waals surface area contributed by atoms with E-state index in [9.17, 15) is 0 Å². The molecule has 1 saturated carbocycles. The van der Waals surface area contributed by atoms with Gasteiger partial charge in [-0.05, 0) is 36.9 Å². The first-order chi connectivity index (χ1) is 7.17. The Labute approximate surface area is 98.6 Å². The van der Waals surface area contributed by atoms with Crippen molar-refractivity contribution in [3.8, 4) is 6.07 Å². The van der Waals surface area contributed by atoms with Crippen LogP contribution in [-0.4, -0.2) is 11.0 Å². The summed E-state index contributed by atoms with van der Waals surface area (Å²) in [5.74, 6) is 3.16. The highest BCUT2D eigenvalue weighted by Gasteiger charge is 2.28. The summed E-state index contributed by atoms with van der Waals surface area (Å²) in [7, 11) is 0. The molecule has 1 aliphatic rings. The van der Waals surface area contributed by atoms with Crippen LogP contribution in [0.25, 0.3) is 0 Å². The van der Waals surface area contributed by atoms with Crippen molar-refractivity contribution < 1.29 is 0 Å². The van der Waals surface area contributed by atoms with Crippen molar-refractivity contribution >= 4 is 11.8 Å². The molecule has 0 N–H and O–H groups in total. The minimum atomic E-state index is 0.315. The Morgan fingerprint density at radius 1 is 1.47 bits per heavy atom. The second kappa shape index (κ2) is 6.43. The van der Waals surface area contributed by atoms with Gasteiger partial charge >= 0.3 is 0 Å². The molecule has 15 heavy (non-hydrogen) atoms. The van der Waals surface area contributed by atoms with Crippen molar-refractivity contribution in [2.75, 3.05) is 5.75 Å². The second-order valence-corrected chi connectivity index (χ2v) is 6.31. The lowest BCUT2D eigenvalue weighted by atomic mass is 9.83. The Kier molecular flexibility index (Phi) is 5.53. The van der Waals surface area contributed by atoms with E-state index in [1.807, 2.05) is 11.8 Å². The van der Waals surface area contributed by atoms with Crippen LogP contribution in [0.15, 0.2) is 0 Å². The molecule has 2 heteroatoms. The third kappa shape index (κ3) is 4.07. The van der Waals surface area contributed by atoms with Gasteiger partial charge in [0, 0.05) is 5.25 Å². The second-order valence-electron chi connectivity index (χ2n) is 5.04. The topological polar surface area (TPSA) is 23.8 Å². The van der Waals surface area contributed by atoms with Crippen molar-refractivity contribution in [1.82, 2.24) is 0 Å². The highest BCUT2D eigenvalue weighted by molar-refractivity contribution is 7.99. The molecule has 4 atom stereocenters. The van der Waals surface area contributed by atoms with E-state index in [0.717, 1.165) is 18.3 Å². The fourth-order valence-electron chi connectivity index (χ4n) is 2.07. The van der Waals surface area contributed by atoms with Crippen LogP contribution in [0, 0.1) is 29.1 Å². The largest absolute Gasteiger partial charge is 0.198 e. The molecule has 0 spiro atoms. The van der Waals surface area contributed by atoms with Gasteiger partial charge in [-0.3, -0.25) is 0 Å². The van der Waals surface area contributed by atoms with E-state index < -0.39 is 0 Å². The van der Waals surface area contributed by atoms with Crippen LogP contribution >= 0.6 is 11.8 Å². The van der Waals surface area contributed by atoms with Gasteiger partial charge in [-0.25, -0.2) is 0 Å². The van der Waals surface area contributed by atoms with Crippen LogP contribution in [0.5, 0.6) is 0 Å². The van der Waals surface area contributed by atoms with Gasteiger partial charge in [0.25, 0.3) is 0 Å². The first kappa shape index (κ1) is 12.9. The predicted octanol–water partition coefficient (Wildman–Crippen LogP) is 4.09. The van der Waals surface area contributed by atoms with Gasteiger partial charge in [0.15, 0.2) is 0 Å². The summed E-state index contributed by atoms with van der Waals surface area (Å²) in [6, 6.07) is 2.50. The molecule has 1 rings (SSSR count). The Hall–Kier alpha value is -0.160. The van der Waals surface area contributed by atoms with E-state index in [4.69, 9.17) is 5.26 Å². The van der Waals surface area contributed by atoms with Gasteiger partial charge in [-0.15, -0.1) is 0 Å². The lowest BCUT2D eigenvalue weighted by molar-refractivity contribution is 0.345. The Morgan fingerprint density at radius 2 is 2.20 bits per heavy atom. The summed E-state index contributed by atoms with van der Waals surface area (Å²) in [5.41, 5.74) is 0. The van der Waals surface area contributed by atoms with Crippen molar-refractivity contribution in [3.63, 3.8) is 0 Å². The summed E-state index contributed by atoms with van der Waals surface area (Å²) in [5, 5.41) is 9.71. The molecule has 0 aromatic carbocycles. The third-order valence-electron chi connectivity index (χ3n) is 3.51. The highest BCUT2D eigenvalue weighted by atomic mass is 32.2. The fraction of sp³-hybridized carbons (Fsp3) is 0.923. The molecule has 0 aliphatic heterocycles. The lowest BCUT2D eigenvalue weighted by Crippen LogP contribution is -2.25. The molecule has 4 unspecified atom stereocenters. The van der Waals surface area contributed by atoms with Gasteiger partial charge < -0.3 is 0 Å². The molecule has 86 valence electrons. The first-order valence-electron chi connectivity index (χ1n) is 6.18. The fourth-order valence-corrected chi connectivity index (χ4v) is 3.77. The summed E-state index contributed by atoms with van der Waals surface area (Å²) < 4.78 is 0. The predicted molar refractivity (Wildman–Crippen MR) is 67.8 cm³/mol. The quantitative estimate of drug-likeness (QED) is 0.719. The van der Waals surface area contributed by atoms with Crippen molar-refractivity contribution in [3.05, 3.63) is 0 Å². The maximum Gasteiger partial charge on any atom is 0.0667 e. The third-order valence-corrected chi connectivity index (χ3v) is 5.22. The number of nitriles is 1. The summed E-state index contributed by atoms with van der Waals surface area (Å²) >= 11 is 2.04. The Bertz CT molecular complexity index is 221. The zero-order valence-corrected chi connectivity index (χ0v) is 11.0. The van der Waals surface area contributed by atoms with Crippen LogP contribution in [0.4, 0.5) is 0 Å². The minimum Gasteiger partial charge on any atom is -0.198 e. The Morgan fingerprint density at radius 3 is 2.80 bits per heavy atom. The molecular formula is C13H23NS. The van der Waals surface area contributed by atoms with Crippen LogP contribution in [0.1, 0.15) is 46.5 Å². The zero-order valence-electron chi connectivity index (χ0n) is 10.2. The van der Waals surface area contributed by atoms with Gasteiger partial charge in [0.2, 0.25) is 0 Å². The van der Waals surface area contributed by atoms with Crippen molar-refractivity contribution in [2.24, 2.45) is 17.8 Å². The van der Waals surface area contributed by atoms with Gasteiger partial charge in [-0.2, -0.15) is 17.0 Å². The minimum absolute atomic E-state index is 0.315. The first-order valence-corrected chi connectivity index (χ1v) is 7.23. The Balaban J connectivity index is 2.39. The molecule has 0 amide bonds. The molecule has 1 fully saturated rings. The highest BCUT2D eigenvalue weighted by Crippen LogP contribution is 2.36. The van der Waals surface area contributed by atoms with Crippen LogP contribution < -0.4 is 0 Å². The summed E-state index contributed by atoms with van der Waals surface area (Å²) in [6.07, 6.45) is 4.88. The molecule has 0 bridgehead atoms. The smallest absolute Gasteiger partial charge is 0.0667 e. The summed E-state index contributed by atoms with van der Waals surface area (Å²) in [4.78, 5) is 0. The van der Waals surface area contributed by atoms with Crippen LogP contribution in [0.3, 0.4) is 0 Å². The average molecular weight is 225 g/mol. The van der Waals surface area contributed by atoms with Gasteiger partial charge in [0.05, 0.1) is 12.0 Å². The maximum absolute atomic E-state index is 9.11. The van der Waals surface area contributed by atoms with Crippen LogP contribution in [0.2, 0.25) is 0 Å². The monoisotopic (exact) mass is 225 g/mol. The van der Waals surface area contributed by atoms with Gasteiger partial charge in [-0.1, -0.05) is 27.2 Å². The molecule has 1 aliphatic carbocycles. The molecule has 0 radical (unpaired) electrons. The molecule has 0 heterocycles. The maximum atomic E-state index is 9.11. The molecular weight excluding hydrogens is 202 g/mol. The van der Waals surface area contributed by atoms with Gasteiger partial charge in [0.1, 0.15) is 0 Å².